The first-order chi connectivity index (χ1) is 10.8. The maximum Gasteiger partial charge on any atom is 0.324 e. The van der Waals surface area contributed by atoms with Gasteiger partial charge in [0.1, 0.15) is 16.5 Å². The molecule has 0 atom stereocenters. The van der Waals surface area contributed by atoms with Crippen LogP contribution in [0.2, 0.25) is 0 Å². The second-order valence-corrected chi connectivity index (χ2v) is 7.10. The van der Waals surface area contributed by atoms with Crippen LogP contribution < -0.4 is 10.1 Å². The summed E-state index contributed by atoms with van der Waals surface area (Å²) >= 11 is 0. The molecule has 23 heavy (non-hydrogen) atoms. The SMILES string of the molecule is COc1ccc(F)cc1S(=O)(=O)N1CC(N2C(=O)CNC2=O)C1. The zero-order valence-corrected chi connectivity index (χ0v) is 13.0. The third kappa shape index (κ3) is 2.53. The first kappa shape index (κ1) is 15.7. The van der Waals surface area contributed by atoms with Crippen molar-refractivity contribution in [2.75, 3.05) is 26.7 Å². The molecule has 1 aromatic rings. The van der Waals surface area contributed by atoms with Crippen molar-refractivity contribution in [1.82, 2.24) is 14.5 Å². The molecule has 0 unspecified atom stereocenters. The van der Waals surface area contributed by atoms with Gasteiger partial charge in [-0.3, -0.25) is 9.69 Å². The minimum absolute atomic E-state index is 0.0266. The van der Waals surface area contributed by atoms with Gasteiger partial charge < -0.3 is 10.1 Å². The number of ether oxygens (including phenoxy) is 1. The minimum atomic E-state index is -3.97. The Morgan fingerprint density at radius 2 is 2.00 bits per heavy atom. The van der Waals surface area contributed by atoms with Gasteiger partial charge in [0, 0.05) is 13.1 Å². The molecule has 1 N–H and O–H groups in total. The maximum atomic E-state index is 13.4. The number of carbonyl (C=O) groups is 2. The Morgan fingerprint density at radius 3 is 2.57 bits per heavy atom. The number of amides is 3. The lowest BCUT2D eigenvalue weighted by molar-refractivity contribution is -0.128. The summed E-state index contributed by atoms with van der Waals surface area (Å²) in [7, 11) is -2.68. The fraction of sp³-hybridized carbons (Fsp3) is 0.385. The smallest absolute Gasteiger partial charge is 0.324 e. The highest BCUT2D eigenvalue weighted by Crippen LogP contribution is 2.31. The quantitative estimate of drug-likeness (QED) is 0.761. The molecule has 0 radical (unpaired) electrons. The number of benzene rings is 1. The van der Waals surface area contributed by atoms with Crippen molar-refractivity contribution in [3.63, 3.8) is 0 Å². The van der Waals surface area contributed by atoms with Crippen LogP contribution in [0.4, 0.5) is 9.18 Å². The summed E-state index contributed by atoms with van der Waals surface area (Å²) in [5.41, 5.74) is 0. The van der Waals surface area contributed by atoms with Crippen molar-refractivity contribution >= 4 is 22.0 Å². The van der Waals surface area contributed by atoms with Gasteiger partial charge in [0.25, 0.3) is 0 Å². The van der Waals surface area contributed by atoms with Crippen molar-refractivity contribution in [1.29, 1.82) is 0 Å². The van der Waals surface area contributed by atoms with Gasteiger partial charge in [0.2, 0.25) is 15.9 Å². The molecule has 2 saturated heterocycles. The molecule has 3 amide bonds. The normalized spacial score (nSPS) is 19.7. The molecule has 2 heterocycles. The standard InChI is InChI=1S/C13H14FN3O5S/c1-22-10-3-2-8(14)4-11(10)23(20,21)16-6-9(7-16)17-12(18)5-15-13(17)19/h2-4,9H,5-7H2,1H3,(H,15,19). The number of nitrogens with one attached hydrogen (secondary N) is 1. The van der Waals surface area contributed by atoms with E-state index in [1.165, 1.54) is 13.2 Å². The van der Waals surface area contributed by atoms with Gasteiger partial charge in [-0.1, -0.05) is 0 Å². The second-order valence-electron chi connectivity index (χ2n) is 5.19. The van der Waals surface area contributed by atoms with E-state index in [0.29, 0.717) is 0 Å². The molecule has 0 aromatic heterocycles. The Kier molecular flexibility index (Phi) is 3.72. The van der Waals surface area contributed by atoms with Gasteiger partial charge in [0.05, 0.1) is 19.7 Å². The van der Waals surface area contributed by atoms with Crippen LogP contribution in [-0.4, -0.2) is 62.3 Å². The van der Waals surface area contributed by atoms with E-state index < -0.39 is 27.9 Å². The Morgan fingerprint density at radius 1 is 1.30 bits per heavy atom. The minimum Gasteiger partial charge on any atom is -0.495 e. The lowest BCUT2D eigenvalue weighted by atomic mass is 10.1. The van der Waals surface area contributed by atoms with Crippen LogP contribution >= 0.6 is 0 Å². The van der Waals surface area contributed by atoms with Crippen LogP contribution in [0.5, 0.6) is 5.75 Å². The van der Waals surface area contributed by atoms with E-state index in [4.69, 9.17) is 4.74 Å². The highest BCUT2D eigenvalue weighted by molar-refractivity contribution is 7.89. The number of sulfonamides is 1. The summed E-state index contributed by atoms with van der Waals surface area (Å²) in [6.07, 6.45) is 0. The molecular weight excluding hydrogens is 329 g/mol. The van der Waals surface area contributed by atoms with E-state index in [9.17, 15) is 22.4 Å². The van der Waals surface area contributed by atoms with Crippen LogP contribution in [0.3, 0.4) is 0 Å². The average molecular weight is 343 g/mol. The molecule has 0 aliphatic carbocycles. The third-order valence-corrected chi connectivity index (χ3v) is 5.67. The summed E-state index contributed by atoms with van der Waals surface area (Å²) in [5, 5.41) is 2.38. The predicted molar refractivity (Wildman–Crippen MR) is 75.7 cm³/mol. The van der Waals surface area contributed by atoms with Gasteiger partial charge in [-0.05, 0) is 18.2 Å². The summed E-state index contributed by atoms with van der Waals surface area (Å²) < 4.78 is 44.5. The van der Waals surface area contributed by atoms with Crippen molar-refractivity contribution in [3.8, 4) is 5.75 Å². The molecule has 0 saturated carbocycles. The van der Waals surface area contributed by atoms with Gasteiger partial charge in [-0.2, -0.15) is 4.31 Å². The highest BCUT2D eigenvalue weighted by Gasteiger charge is 2.46. The Balaban J connectivity index is 1.80. The van der Waals surface area contributed by atoms with Crippen LogP contribution in [0.1, 0.15) is 0 Å². The monoisotopic (exact) mass is 343 g/mol. The van der Waals surface area contributed by atoms with E-state index in [-0.39, 0.29) is 36.2 Å². The molecule has 0 spiro atoms. The number of urea groups is 1. The summed E-state index contributed by atoms with van der Waals surface area (Å²) in [5.74, 6) is -1.05. The number of imide groups is 1. The van der Waals surface area contributed by atoms with Gasteiger partial charge in [0.15, 0.2) is 0 Å². The van der Waals surface area contributed by atoms with Crippen molar-refractivity contribution in [2.24, 2.45) is 0 Å². The number of hydrogen-bond donors (Lipinski definition) is 1. The lowest BCUT2D eigenvalue weighted by Gasteiger charge is -2.41. The van der Waals surface area contributed by atoms with Crippen molar-refractivity contribution in [3.05, 3.63) is 24.0 Å². The molecule has 1 aromatic carbocycles. The third-order valence-electron chi connectivity index (χ3n) is 3.82. The molecule has 10 heteroatoms. The Bertz CT molecular complexity index is 760. The van der Waals surface area contributed by atoms with E-state index in [1.807, 2.05) is 0 Å². The highest BCUT2D eigenvalue weighted by atomic mass is 32.2. The number of halogens is 1. The van der Waals surface area contributed by atoms with E-state index in [1.54, 1.807) is 0 Å². The molecule has 3 rings (SSSR count). The van der Waals surface area contributed by atoms with E-state index in [2.05, 4.69) is 5.32 Å². The number of carbonyl (C=O) groups excluding carboxylic acids is 2. The fourth-order valence-corrected chi connectivity index (χ4v) is 4.25. The summed E-state index contributed by atoms with van der Waals surface area (Å²) in [6.45, 7) is -0.137. The Labute approximate surface area is 131 Å². The van der Waals surface area contributed by atoms with Gasteiger partial charge in [-0.25, -0.2) is 17.6 Å². The van der Waals surface area contributed by atoms with Gasteiger partial charge >= 0.3 is 6.03 Å². The van der Waals surface area contributed by atoms with Gasteiger partial charge in [-0.15, -0.1) is 0 Å². The lowest BCUT2D eigenvalue weighted by Crippen LogP contribution is -2.62. The molecule has 8 nitrogen and oxygen atoms in total. The number of hydrogen-bond acceptors (Lipinski definition) is 5. The summed E-state index contributed by atoms with van der Waals surface area (Å²) in [4.78, 5) is 23.9. The molecule has 0 bridgehead atoms. The average Bonchev–Trinajstić information content (AvgIpc) is 2.78. The fourth-order valence-electron chi connectivity index (χ4n) is 2.57. The molecule has 2 aliphatic rings. The van der Waals surface area contributed by atoms with Crippen molar-refractivity contribution < 1.29 is 27.1 Å². The molecule has 2 fully saturated rings. The van der Waals surface area contributed by atoms with Crippen LogP contribution in [-0.2, 0) is 14.8 Å². The second kappa shape index (κ2) is 5.46. The topological polar surface area (TPSA) is 96.0 Å². The molecule has 124 valence electrons. The maximum absolute atomic E-state index is 13.4. The van der Waals surface area contributed by atoms with Crippen LogP contribution in [0.15, 0.2) is 23.1 Å². The molecule has 2 aliphatic heterocycles. The largest absolute Gasteiger partial charge is 0.495 e. The van der Waals surface area contributed by atoms with Crippen molar-refractivity contribution in [2.45, 2.75) is 10.9 Å². The Hall–Kier alpha value is -2.20. The number of methoxy groups -OCH3 is 1. The first-order valence-electron chi connectivity index (χ1n) is 6.78. The van der Waals surface area contributed by atoms with E-state index in [0.717, 1.165) is 21.3 Å². The molecular formula is C13H14FN3O5S. The number of rotatable bonds is 4. The first-order valence-corrected chi connectivity index (χ1v) is 8.22. The summed E-state index contributed by atoms with van der Waals surface area (Å²) in [6, 6.07) is 2.18. The van der Waals surface area contributed by atoms with Crippen LogP contribution in [0.25, 0.3) is 0 Å². The van der Waals surface area contributed by atoms with E-state index >= 15 is 0 Å². The van der Waals surface area contributed by atoms with Crippen LogP contribution in [0, 0.1) is 5.82 Å². The number of nitrogens with zero attached hydrogens (tertiary/aromatic N) is 2. The predicted octanol–water partition coefficient (Wildman–Crippen LogP) is -0.241. The zero-order valence-electron chi connectivity index (χ0n) is 12.2. The zero-order chi connectivity index (χ0) is 16.8.